The highest BCUT2D eigenvalue weighted by Gasteiger charge is 2.22. The molecule has 0 aliphatic rings. The molecule has 108 valence electrons. The van der Waals surface area contributed by atoms with Crippen molar-refractivity contribution in [1.82, 2.24) is 5.32 Å². The second-order valence-corrected chi connectivity index (χ2v) is 5.09. The van der Waals surface area contributed by atoms with E-state index in [-0.39, 0.29) is 0 Å². The van der Waals surface area contributed by atoms with Gasteiger partial charge in [-0.05, 0) is 30.7 Å². The number of carbonyl (C=O) groups excluding carboxylic acids is 2. The summed E-state index contributed by atoms with van der Waals surface area (Å²) in [6.07, 6.45) is -0.472. The first-order chi connectivity index (χ1) is 9.27. The third kappa shape index (κ3) is 5.27. The number of aliphatic carboxylic acids is 1. The standard InChI is InChI=1S/C12H14BrN3O4/c1-6-2-7(13)4-8(3-6)15-12(20)16-9(11(18)19)5-10(14)17/h2-4,9H,5H2,1H3,(H2,14,17)(H,18,19)(H2,15,16,20). The molecule has 20 heavy (non-hydrogen) atoms. The van der Waals surface area contributed by atoms with E-state index in [4.69, 9.17) is 10.8 Å². The van der Waals surface area contributed by atoms with E-state index in [0.717, 1.165) is 10.0 Å². The molecule has 0 aliphatic heterocycles. The number of anilines is 1. The number of halogens is 1. The number of hydrogen-bond donors (Lipinski definition) is 4. The summed E-state index contributed by atoms with van der Waals surface area (Å²) in [4.78, 5) is 33.3. The second kappa shape index (κ2) is 6.90. The van der Waals surface area contributed by atoms with Crippen LogP contribution in [0.4, 0.5) is 10.5 Å². The van der Waals surface area contributed by atoms with Crippen molar-refractivity contribution in [3.63, 3.8) is 0 Å². The fourth-order valence-corrected chi connectivity index (χ4v) is 2.14. The average molecular weight is 344 g/mol. The fraction of sp³-hybridized carbons (Fsp3) is 0.250. The number of hydrogen-bond acceptors (Lipinski definition) is 3. The van der Waals surface area contributed by atoms with Crippen LogP contribution < -0.4 is 16.4 Å². The van der Waals surface area contributed by atoms with Gasteiger partial charge in [-0.3, -0.25) is 4.79 Å². The van der Waals surface area contributed by atoms with Gasteiger partial charge in [0.25, 0.3) is 0 Å². The van der Waals surface area contributed by atoms with E-state index in [1.807, 2.05) is 13.0 Å². The number of aryl methyl sites for hydroxylation is 1. The van der Waals surface area contributed by atoms with E-state index in [2.05, 4.69) is 26.6 Å². The molecule has 0 saturated heterocycles. The molecule has 0 bridgehead atoms. The van der Waals surface area contributed by atoms with Crippen LogP contribution in [0.25, 0.3) is 0 Å². The van der Waals surface area contributed by atoms with Crippen LogP contribution in [0.3, 0.4) is 0 Å². The van der Waals surface area contributed by atoms with Gasteiger partial charge in [-0.2, -0.15) is 0 Å². The van der Waals surface area contributed by atoms with Gasteiger partial charge in [0.05, 0.1) is 6.42 Å². The number of nitrogens with one attached hydrogen (secondary N) is 2. The molecule has 0 spiro atoms. The smallest absolute Gasteiger partial charge is 0.326 e. The van der Waals surface area contributed by atoms with Gasteiger partial charge in [0, 0.05) is 10.2 Å². The first-order valence-electron chi connectivity index (χ1n) is 5.63. The van der Waals surface area contributed by atoms with E-state index in [9.17, 15) is 14.4 Å². The van der Waals surface area contributed by atoms with E-state index < -0.39 is 30.4 Å². The molecule has 1 aromatic carbocycles. The van der Waals surface area contributed by atoms with Gasteiger partial charge in [0.15, 0.2) is 0 Å². The second-order valence-electron chi connectivity index (χ2n) is 4.18. The summed E-state index contributed by atoms with van der Waals surface area (Å²) < 4.78 is 0.778. The molecule has 0 fully saturated rings. The maximum Gasteiger partial charge on any atom is 0.326 e. The Balaban J connectivity index is 2.70. The molecule has 1 aromatic rings. The highest BCUT2D eigenvalue weighted by atomic mass is 79.9. The number of amides is 3. The minimum Gasteiger partial charge on any atom is -0.480 e. The molecule has 7 nitrogen and oxygen atoms in total. The van der Waals surface area contributed by atoms with Gasteiger partial charge in [-0.25, -0.2) is 9.59 Å². The van der Waals surface area contributed by atoms with Crippen molar-refractivity contribution in [2.75, 3.05) is 5.32 Å². The van der Waals surface area contributed by atoms with Crippen molar-refractivity contribution < 1.29 is 19.5 Å². The summed E-state index contributed by atoms with van der Waals surface area (Å²) in [5, 5.41) is 13.5. The van der Waals surface area contributed by atoms with Crippen LogP contribution in [0.2, 0.25) is 0 Å². The van der Waals surface area contributed by atoms with Gasteiger partial charge in [0.2, 0.25) is 5.91 Å². The summed E-state index contributed by atoms with van der Waals surface area (Å²) in [6, 6.07) is 3.15. The Bertz CT molecular complexity index is 527. The minimum absolute atomic E-state index is 0.472. The Morgan fingerprint density at radius 1 is 1.35 bits per heavy atom. The summed E-state index contributed by atoms with van der Waals surface area (Å²) in [7, 11) is 0. The Kier molecular flexibility index (Phi) is 5.51. The number of carboxylic acid groups (broad SMARTS) is 1. The molecule has 1 rings (SSSR count). The van der Waals surface area contributed by atoms with E-state index in [1.165, 1.54) is 0 Å². The van der Waals surface area contributed by atoms with Crippen molar-refractivity contribution in [3.8, 4) is 0 Å². The molecule has 0 aliphatic carbocycles. The summed E-state index contributed by atoms with van der Waals surface area (Å²) in [5.41, 5.74) is 6.33. The van der Waals surface area contributed by atoms with Crippen molar-refractivity contribution in [2.45, 2.75) is 19.4 Å². The number of nitrogens with two attached hydrogens (primary N) is 1. The molecule has 8 heteroatoms. The predicted molar refractivity (Wildman–Crippen MR) is 76.3 cm³/mol. The Hall–Kier alpha value is -2.09. The lowest BCUT2D eigenvalue weighted by atomic mass is 10.2. The minimum atomic E-state index is -1.36. The number of primary amides is 1. The Morgan fingerprint density at radius 3 is 2.50 bits per heavy atom. The topological polar surface area (TPSA) is 122 Å². The summed E-state index contributed by atoms with van der Waals surface area (Å²) >= 11 is 3.28. The molecular formula is C12H14BrN3O4. The monoisotopic (exact) mass is 343 g/mol. The SMILES string of the molecule is Cc1cc(Br)cc(NC(=O)NC(CC(N)=O)C(=O)O)c1. The average Bonchev–Trinajstić information content (AvgIpc) is 2.25. The van der Waals surface area contributed by atoms with Gasteiger partial charge < -0.3 is 21.5 Å². The van der Waals surface area contributed by atoms with Crippen molar-refractivity contribution >= 4 is 39.5 Å². The summed E-state index contributed by atoms with van der Waals surface area (Å²) in [6.45, 7) is 1.85. The highest BCUT2D eigenvalue weighted by Crippen LogP contribution is 2.18. The lowest BCUT2D eigenvalue weighted by Gasteiger charge is -2.14. The van der Waals surface area contributed by atoms with Crippen LogP contribution >= 0.6 is 15.9 Å². The lowest BCUT2D eigenvalue weighted by Crippen LogP contribution is -2.45. The lowest BCUT2D eigenvalue weighted by molar-refractivity contribution is -0.140. The molecule has 0 heterocycles. The van der Waals surface area contributed by atoms with E-state index in [1.54, 1.807) is 12.1 Å². The normalized spacial score (nSPS) is 11.5. The first-order valence-corrected chi connectivity index (χ1v) is 6.43. The number of benzene rings is 1. The van der Waals surface area contributed by atoms with Gasteiger partial charge in [0.1, 0.15) is 6.04 Å². The van der Waals surface area contributed by atoms with Crippen LogP contribution in [0, 0.1) is 6.92 Å². The van der Waals surface area contributed by atoms with Crippen LogP contribution in [-0.4, -0.2) is 29.1 Å². The number of urea groups is 1. The zero-order valence-electron chi connectivity index (χ0n) is 10.6. The maximum atomic E-state index is 11.7. The Labute approximate surface area is 123 Å². The quantitative estimate of drug-likeness (QED) is 0.641. The molecule has 0 aromatic heterocycles. The summed E-state index contributed by atoms with van der Waals surface area (Å²) in [5.74, 6) is -2.14. The van der Waals surface area contributed by atoms with E-state index >= 15 is 0 Å². The first kappa shape index (κ1) is 16.0. The third-order valence-corrected chi connectivity index (χ3v) is 2.77. The molecule has 1 unspecified atom stereocenters. The largest absolute Gasteiger partial charge is 0.480 e. The van der Waals surface area contributed by atoms with Crippen LogP contribution in [0.5, 0.6) is 0 Å². The Morgan fingerprint density at radius 2 is 2.00 bits per heavy atom. The van der Waals surface area contributed by atoms with Crippen LogP contribution in [0.1, 0.15) is 12.0 Å². The third-order valence-electron chi connectivity index (χ3n) is 2.31. The maximum absolute atomic E-state index is 11.7. The van der Waals surface area contributed by atoms with E-state index in [0.29, 0.717) is 5.69 Å². The van der Waals surface area contributed by atoms with Crippen LogP contribution in [-0.2, 0) is 9.59 Å². The fourth-order valence-electron chi connectivity index (χ4n) is 1.54. The number of carboxylic acids is 1. The molecule has 5 N–H and O–H groups in total. The molecule has 1 atom stereocenters. The highest BCUT2D eigenvalue weighted by molar-refractivity contribution is 9.10. The van der Waals surface area contributed by atoms with Gasteiger partial charge in [-0.15, -0.1) is 0 Å². The van der Waals surface area contributed by atoms with Crippen LogP contribution in [0.15, 0.2) is 22.7 Å². The van der Waals surface area contributed by atoms with Gasteiger partial charge in [-0.1, -0.05) is 15.9 Å². The molecule has 0 radical (unpaired) electrons. The molecular weight excluding hydrogens is 330 g/mol. The van der Waals surface area contributed by atoms with Gasteiger partial charge >= 0.3 is 12.0 Å². The van der Waals surface area contributed by atoms with Crippen molar-refractivity contribution in [1.29, 1.82) is 0 Å². The predicted octanol–water partition coefficient (Wildman–Crippen LogP) is 1.21. The molecule has 3 amide bonds. The number of rotatable bonds is 5. The van der Waals surface area contributed by atoms with Crippen molar-refractivity contribution in [3.05, 3.63) is 28.2 Å². The van der Waals surface area contributed by atoms with Crippen molar-refractivity contribution in [2.24, 2.45) is 5.73 Å². The zero-order chi connectivity index (χ0) is 15.3. The zero-order valence-corrected chi connectivity index (χ0v) is 12.2. The number of carbonyl (C=O) groups is 3. The molecule has 0 saturated carbocycles.